The summed E-state index contributed by atoms with van der Waals surface area (Å²) in [5, 5.41) is 0. The summed E-state index contributed by atoms with van der Waals surface area (Å²) < 4.78 is 12.1. The first-order valence-corrected chi connectivity index (χ1v) is 9.55. The van der Waals surface area contributed by atoms with E-state index in [2.05, 4.69) is 31.8 Å². The van der Waals surface area contributed by atoms with Gasteiger partial charge in [-0.05, 0) is 30.9 Å². The molecular formula is C22H31NO2. The van der Waals surface area contributed by atoms with Crippen LogP contribution in [-0.4, -0.2) is 18.2 Å². The maximum Gasteiger partial charge on any atom is 0.145 e. The number of unbranched alkanes of at least 4 members (excludes halogenated alkanes) is 2. The average Bonchev–Trinajstić information content (AvgIpc) is 2.66. The summed E-state index contributed by atoms with van der Waals surface area (Å²) in [7, 11) is 0. The fourth-order valence-electron chi connectivity index (χ4n) is 2.64. The van der Waals surface area contributed by atoms with Crippen LogP contribution in [0.25, 0.3) is 11.1 Å². The molecule has 2 aromatic rings. The van der Waals surface area contributed by atoms with Crippen molar-refractivity contribution in [1.29, 1.82) is 0 Å². The Hall–Kier alpha value is -2.03. The number of para-hydroxylation sites is 1. The summed E-state index contributed by atoms with van der Waals surface area (Å²) in [5.74, 6) is 2.43. The molecule has 25 heavy (non-hydrogen) atoms. The van der Waals surface area contributed by atoms with Crippen molar-refractivity contribution < 1.29 is 9.47 Å². The minimum Gasteiger partial charge on any atom is -0.493 e. The van der Waals surface area contributed by atoms with Gasteiger partial charge in [-0.15, -0.1) is 0 Å². The second-order valence-electron chi connectivity index (χ2n) is 6.57. The lowest BCUT2D eigenvalue weighted by Crippen LogP contribution is -2.04. The minimum absolute atomic E-state index is 0.686. The molecule has 1 atom stereocenters. The van der Waals surface area contributed by atoms with E-state index in [1.54, 1.807) is 6.20 Å². The predicted octanol–water partition coefficient (Wildman–Crippen LogP) is 6.13. The van der Waals surface area contributed by atoms with Crippen LogP contribution in [0, 0.1) is 5.92 Å². The molecule has 1 aromatic heterocycles. The van der Waals surface area contributed by atoms with E-state index in [1.165, 1.54) is 19.3 Å². The van der Waals surface area contributed by atoms with Crippen LogP contribution in [0.1, 0.15) is 52.9 Å². The highest BCUT2D eigenvalue weighted by Crippen LogP contribution is 2.36. The maximum atomic E-state index is 6.09. The molecule has 1 heterocycles. The zero-order chi connectivity index (χ0) is 17.9. The van der Waals surface area contributed by atoms with E-state index >= 15 is 0 Å². The highest BCUT2D eigenvalue weighted by molar-refractivity contribution is 5.75. The number of ether oxygens (including phenoxy) is 2. The Balaban J connectivity index is 2.12. The number of nitrogens with zero attached hydrogens (tertiary/aromatic N) is 1. The van der Waals surface area contributed by atoms with E-state index in [-0.39, 0.29) is 0 Å². The summed E-state index contributed by atoms with van der Waals surface area (Å²) in [5.41, 5.74) is 2.12. The van der Waals surface area contributed by atoms with Gasteiger partial charge < -0.3 is 9.47 Å². The first-order valence-electron chi connectivity index (χ1n) is 9.55. The van der Waals surface area contributed by atoms with Crippen molar-refractivity contribution in [2.24, 2.45) is 5.92 Å². The van der Waals surface area contributed by atoms with Gasteiger partial charge in [0.15, 0.2) is 0 Å². The van der Waals surface area contributed by atoms with Gasteiger partial charge in [-0.3, -0.25) is 4.98 Å². The Morgan fingerprint density at radius 2 is 1.68 bits per heavy atom. The van der Waals surface area contributed by atoms with Crippen LogP contribution in [-0.2, 0) is 0 Å². The molecule has 0 radical (unpaired) electrons. The molecular weight excluding hydrogens is 310 g/mol. The summed E-state index contributed by atoms with van der Waals surface area (Å²) in [6.45, 7) is 8.15. The molecule has 2 rings (SSSR count). The van der Waals surface area contributed by atoms with Crippen LogP contribution in [0.5, 0.6) is 11.5 Å². The van der Waals surface area contributed by atoms with Gasteiger partial charge in [0.25, 0.3) is 0 Å². The van der Waals surface area contributed by atoms with Gasteiger partial charge in [-0.2, -0.15) is 0 Å². The number of pyridine rings is 1. The maximum absolute atomic E-state index is 6.09. The normalized spacial score (nSPS) is 12.0. The third-order valence-corrected chi connectivity index (χ3v) is 4.53. The Morgan fingerprint density at radius 1 is 0.920 bits per heavy atom. The molecule has 0 aliphatic rings. The average molecular weight is 341 g/mol. The first kappa shape index (κ1) is 19.3. The molecule has 0 N–H and O–H groups in total. The van der Waals surface area contributed by atoms with Crippen LogP contribution >= 0.6 is 0 Å². The molecule has 0 amide bonds. The largest absolute Gasteiger partial charge is 0.493 e. The molecule has 0 spiro atoms. The summed E-state index contributed by atoms with van der Waals surface area (Å²) in [6.07, 6.45) is 9.31. The molecule has 1 unspecified atom stereocenters. The minimum atomic E-state index is 0.686. The fraction of sp³-hybridized carbons (Fsp3) is 0.500. The second-order valence-corrected chi connectivity index (χ2v) is 6.57. The van der Waals surface area contributed by atoms with E-state index in [0.717, 1.165) is 48.7 Å². The van der Waals surface area contributed by atoms with E-state index in [9.17, 15) is 0 Å². The van der Waals surface area contributed by atoms with Crippen molar-refractivity contribution in [3.63, 3.8) is 0 Å². The number of hydrogen-bond donors (Lipinski definition) is 0. The fourth-order valence-corrected chi connectivity index (χ4v) is 2.64. The molecule has 3 nitrogen and oxygen atoms in total. The molecule has 3 heteroatoms. The SMILES string of the molecule is CCCCCOc1cnccc1-c1ccccc1OCCC(C)CC. The predicted molar refractivity (Wildman–Crippen MR) is 104 cm³/mol. The van der Waals surface area contributed by atoms with Gasteiger partial charge in [-0.1, -0.05) is 58.2 Å². The lowest BCUT2D eigenvalue weighted by atomic mass is 10.0. The van der Waals surface area contributed by atoms with Gasteiger partial charge >= 0.3 is 0 Å². The van der Waals surface area contributed by atoms with Crippen LogP contribution < -0.4 is 9.47 Å². The number of benzene rings is 1. The van der Waals surface area contributed by atoms with Crippen molar-refractivity contribution >= 4 is 0 Å². The van der Waals surface area contributed by atoms with Crippen LogP contribution in [0.2, 0.25) is 0 Å². The van der Waals surface area contributed by atoms with Crippen molar-refractivity contribution in [3.05, 3.63) is 42.7 Å². The van der Waals surface area contributed by atoms with E-state index in [4.69, 9.17) is 9.47 Å². The zero-order valence-corrected chi connectivity index (χ0v) is 15.8. The molecule has 0 fully saturated rings. The Morgan fingerprint density at radius 3 is 2.48 bits per heavy atom. The molecule has 0 aliphatic carbocycles. The first-order chi connectivity index (χ1) is 12.3. The van der Waals surface area contributed by atoms with E-state index in [1.807, 2.05) is 30.5 Å². The number of rotatable bonds is 11. The van der Waals surface area contributed by atoms with Gasteiger partial charge in [-0.25, -0.2) is 0 Å². The lowest BCUT2D eigenvalue weighted by Gasteiger charge is -2.16. The smallest absolute Gasteiger partial charge is 0.145 e. The monoisotopic (exact) mass is 341 g/mol. The molecule has 0 bridgehead atoms. The topological polar surface area (TPSA) is 31.4 Å². The molecule has 0 saturated carbocycles. The highest BCUT2D eigenvalue weighted by atomic mass is 16.5. The molecule has 0 saturated heterocycles. The zero-order valence-electron chi connectivity index (χ0n) is 15.8. The third kappa shape index (κ3) is 6.08. The van der Waals surface area contributed by atoms with Crippen LogP contribution in [0.4, 0.5) is 0 Å². The standard InChI is InChI=1S/C22H31NO2/c1-4-6-9-15-24-22-17-23-14-12-20(22)19-10-7-8-11-21(19)25-16-13-18(3)5-2/h7-8,10-12,14,17-18H,4-6,9,13,15-16H2,1-3H3. The molecule has 0 aliphatic heterocycles. The third-order valence-electron chi connectivity index (χ3n) is 4.53. The highest BCUT2D eigenvalue weighted by Gasteiger charge is 2.12. The number of aromatic nitrogens is 1. The lowest BCUT2D eigenvalue weighted by molar-refractivity contribution is 0.282. The van der Waals surface area contributed by atoms with Crippen molar-refractivity contribution in [2.45, 2.75) is 52.9 Å². The summed E-state index contributed by atoms with van der Waals surface area (Å²) >= 11 is 0. The van der Waals surface area contributed by atoms with E-state index in [0.29, 0.717) is 5.92 Å². The second kappa shape index (κ2) is 10.8. The van der Waals surface area contributed by atoms with Gasteiger partial charge in [0.05, 0.1) is 19.4 Å². The Bertz CT molecular complexity index is 627. The Labute approximate surface area is 152 Å². The number of hydrogen-bond acceptors (Lipinski definition) is 3. The molecule has 1 aromatic carbocycles. The summed E-state index contributed by atoms with van der Waals surface area (Å²) in [4.78, 5) is 4.23. The van der Waals surface area contributed by atoms with Gasteiger partial charge in [0.1, 0.15) is 11.5 Å². The molecule has 136 valence electrons. The van der Waals surface area contributed by atoms with Gasteiger partial charge in [0.2, 0.25) is 0 Å². The van der Waals surface area contributed by atoms with Crippen molar-refractivity contribution in [1.82, 2.24) is 4.98 Å². The van der Waals surface area contributed by atoms with Crippen molar-refractivity contribution in [3.8, 4) is 22.6 Å². The van der Waals surface area contributed by atoms with Gasteiger partial charge in [0, 0.05) is 17.3 Å². The van der Waals surface area contributed by atoms with Crippen LogP contribution in [0.3, 0.4) is 0 Å². The Kier molecular flexibility index (Phi) is 8.30. The summed E-state index contributed by atoms with van der Waals surface area (Å²) in [6, 6.07) is 10.2. The van der Waals surface area contributed by atoms with Crippen LogP contribution in [0.15, 0.2) is 42.7 Å². The quantitative estimate of drug-likeness (QED) is 0.460. The van der Waals surface area contributed by atoms with Crippen molar-refractivity contribution in [2.75, 3.05) is 13.2 Å². The van der Waals surface area contributed by atoms with E-state index < -0.39 is 0 Å².